The van der Waals surface area contributed by atoms with Gasteiger partial charge in [-0.05, 0) is 0 Å². The molecular formula is H3AsHgPbSb. The average Bonchev–Trinajstić information content (AvgIpc) is 0. The van der Waals surface area contributed by atoms with E-state index in [2.05, 4.69) is 0 Å². The molecule has 4 heteroatoms. The third-order valence-corrected chi connectivity index (χ3v) is 0. The third-order valence-electron chi connectivity index (χ3n) is 0. The molecular weight excluding hydrogens is 604 g/mol. The van der Waals surface area contributed by atoms with Crippen molar-refractivity contribution in [2.24, 2.45) is 0 Å². The Bertz CT molecular complexity index is 8.00. The van der Waals surface area contributed by atoms with Gasteiger partial charge in [0.05, 0.1) is 0 Å². The van der Waals surface area contributed by atoms with Crippen LogP contribution in [0.15, 0.2) is 0 Å². The SMILES string of the molecule is [AsH3].[Hg].[Pb].[Sb]. The molecule has 0 aliphatic heterocycles. The molecule has 0 heterocycles. The minimum absolute atomic E-state index is 0. The van der Waals surface area contributed by atoms with Gasteiger partial charge in [0.15, 0.2) is 0 Å². The molecule has 0 aromatic carbocycles. The summed E-state index contributed by atoms with van der Waals surface area (Å²) in [4.78, 5) is 0. The fraction of sp³-hybridized carbons (Fsp3) is 0. The van der Waals surface area contributed by atoms with Crippen LogP contribution >= 0.6 is 0 Å². The van der Waals surface area contributed by atoms with Crippen molar-refractivity contribution in [2.75, 3.05) is 0 Å². The maximum absolute atomic E-state index is 0. The Kier molecular flexibility index (Phi) is 110. The van der Waals surface area contributed by atoms with Crippen molar-refractivity contribution in [2.45, 2.75) is 0 Å². The van der Waals surface area contributed by atoms with Crippen molar-refractivity contribution in [1.29, 1.82) is 0 Å². The van der Waals surface area contributed by atoms with Gasteiger partial charge < -0.3 is 0 Å². The molecule has 0 amide bonds. The molecule has 1 unspecified atom stereocenters. The minimum atomic E-state index is 0. The van der Waals surface area contributed by atoms with Crippen molar-refractivity contribution < 1.29 is 27.7 Å². The standard InChI is InChI=1S/AsH3.Hg.Pb.Sb/h1H3;;;. The van der Waals surface area contributed by atoms with Crippen molar-refractivity contribution >= 4 is 69.7 Å². The smallest absolute Gasteiger partial charge is 0 e. The Morgan fingerprint density at radius 3 is 1.00 bits per heavy atom. The van der Waals surface area contributed by atoms with Crippen LogP contribution < -0.4 is 0 Å². The van der Waals surface area contributed by atoms with E-state index in [9.17, 15) is 0 Å². The van der Waals surface area contributed by atoms with Crippen LogP contribution in [0.2, 0.25) is 0 Å². The molecule has 0 aliphatic rings. The van der Waals surface area contributed by atoms with E-state index >= 15 is 0 Å². The van der Waals surface area contributed by atoms with Gasteiger partial charge >= 0.3 is 18.0 Å². The molecule has 0 rings (SSSR count). The van der Waals surface area contributed by atoms with Crippen LogP contribution in [0.3, 0.4) is 0 Å². The molecule has 0 nitrogen and oxygen atoms in total. The topological polar surface area (TPSA) is 0 Å². The summed E-state index contributed by atoms with van der Waals surface area (Å²) in [7, 11) is 0. The minimum Gasteiger partial charge on any atom is 0 e. The van der Waals surface area contributed by atoms with E-state index in [0.29, 0.717) is 0 Å². The van der Waals surface area contributed by atoms with Gasteiger partial charge in [0.2, 0.25) is 0 Å². The van der Waals surface area contributed by atoms with Gasteiger partial charge in [-0.3, -0.25) is 0 Å². The quantitative estimate of drug-likeness (QED) is 0.282. The summed E-state index contributed by atoms with van der Waals surface area (Å²) >= 11 is 0. The zero-order valence-corrected chi connectivity index (χ0v) is 17.3. The second-order valence-electron chi connectivity index (χ2n) is 0. The third kappa shape index (κ3) is 8.97. The zero-order chi connectivity index (χ0) is 0. The van der Waals surface area contributed by atoms with Gasteiger partial charge in [0, 0.05) is 79.4 Å². The zero-order valence-electron chi connectivity index (χ0n) is 2.36. The summed E-state index contributed by atoms with van der Waals surface area (Å²) in [6.07, 6.45) is 0. The molecule has 0 saturated heterocycles. The second-order valence-corrected chi connectivity index (χ2v) is 0. The largest absolute Gasteiger partial charge is 0 e. The van der Waals surface area contributed by atoms with E-state index in [1.807, 2.05) is 0 Å². The van der Waals surface area contributed by atoms with Crippen LogP contribution in [-0.2, 0) is 27.7 Å². The maximum atomic E-state index is 0. The summed E-state index contributed by atoms with van der Waals surface area (Å²) in [6.45, 7) is 0. The predicted molar refractivity (Wildman–Crippen MR) is 21.4 cm³/mol. The Labute approximate surface area is 95.3 Å². The van der Waals surface area contributed by atoms with Crippen LogP contribution in [0, 0.1) is 0 Å². The molecule has 7 radical (unpaired) electrons. The Morgan fingerprint density at radius 2 is 1.00 bits per heavy atom. The molecule has 0 bridgehead atoms. The summed E-state index contributed by atoms with van der Waals surface area (Å²) in [5, 5.41) is 0. The normalized spacial score (nSPS) is 0. The van der Waals surface area contributed by atoms with Gasteiger partial charge in [0.25, 0.3) is 0 Å². The fourth-order valence-electron chi connectivity index (χ4n) is 0. The molecule has 19 valence electrons. The first-order valence-corrected chi connectivity index (χ1v) is 0. The molecule has 1 atom stereocenters. The first-order chi connectivity index (χ1) is 0. The van der Waals surface area contributed by atoms with Gasteiger partial charge in [-0.25, -0.2) is 0 Å². The van der Waals surface area contributed by atoms with Crippen LogP contribution in [-0.4, -0.2) is 69.7 Å². The molecule has 0 aromatic rings. The number of rotatable bonds is 0. The molecule has 0 saturated carbocycles. The van der Waals surface area contributed by atoms with E-state index < -0.39 is 0 Å². The van der Waals surface area contributed by atoms with Crippen LogP contribution in [0.5, 0.6) is 0 Å². The van der Waals surface area contributed by atoms with E-state index in [1.54, 1.807) is 0 Å². The molecule has 0 aliphatic carbocycles. The number of hydrogen-bond donors (Lipinski definition) is 0. The maximum Gasteiger partial charge on any atom is 0 e. The Hall–Kier alpha value is 3.23. The molecule has 4 heavy (non-hydrogen) atoms. The molecule has 0 aromatic heterocycles. The van der Waals surface area contributed by atoms with Crippen molar-refractivity contribution in [3.63, 3.8) is 0 Å². The number of hydrogen-bond acceptors (Lipinski definition) is 0. The molecule has 0 N–H and O–H groups in total. The van der Waals surface area contributed by atoms with E-state index in [-0.39, 0.29) is 97.3 Å². The van der Waals surface area contributed by atoms with E-state index in [0.717, 1.165) is 0 Å². The monoisotopic (exact) mass is 609 g/mol. The first-order valence-electron chi connectivity index (χ1n) is 0. The van der Waals surface area contributed by atoms with E-state index in [1.165, 1.54) is 0 Å². The first kappa shape index (κ1) is 26.9. The fourth-order valence-corrected chi connectivity index (χ4v) is 0. The van der Waals surface area contributed by atoms with Gasteiger partial charge in [-0.1, -0.05) is 0 Å². The molecule has 0 fully saturated rings. The summed E-state index contributed by atoms with van der Waals surface area (Å²) in [5.41, 5.74) is 0. The Balaban J connectivity index is 0. The van der Waals surface area contributed by atoms with Gasteiger partial charge in [-0.2, -0.15) is 0 Å². The van der Waals surface area contributed by atoms with Crippen LogP contribution in [0.4, 0.5) is 0 Å². The molecule has 0 spiro atoms. The summed E-state index contributed by atoms with van der Waals surface area (Å²) < 4.78 is 0. The second kappa shape index (κ2) is 16.3. The average molecular weight is 607 g/mol. The van der Waals surface area contributed by atoms with Gasteiger partial charge in [-0.15, -0.1) is 0 Å². The van der Waals surface area contributed by atoms with Crippen LogP contribution in [0.25, 0.3) is 0 Å². The van der Waals surface area contributed by atoms with Crippen molar-refractivity contribution in [3.8, 4) is 0 Å². The van der Waals surface area contributed by atoms with Gasteiger partial charge in [0.1, 0.15) is 0 Å². The predicted octanol–water partition coefficient (Wildman–Crippen LogP) is -1.95. The Morgan fingerprint density at radius 1 is 1.00 bits per heavy atom. The summed E-state index contributed by atoms with van der Waals surface area (Å²) in [6, 6.07) is 0. The van der Waals surface area contributed by atoms with Crippen LogP contribution in [0.1, 0.15) is 0 Å². The van der Waals surface area contributed by atoms with Crippen molar-refractivity contribution in [1.82, 2.24) is 0 Å². The van der Waals surface area contributed by atoms with E-state index in [4.69, 9.17) is 0 Å². The summed E-state index contributed by atoms with van der Waals surface area (Å²) in [5.74, 6) is 0. The van der Waals surface area contributed by atoms with Crippen molar-refractivity contribution in [3.05, 3.63) is 0 Å².